The van der Waals surface area contributed by atoms with Crippen LogP contribution in [0.3, 0.4) is 0 Å². The minimum absolute atomic E-state index is 0.128. The number of carbonyl (C=O) groups is 1. The molecule has 2 aromatic rings. The molecule has 2 rings (SSSR count). The van der Waals surface area contributed by atoms with Crippen molar-refractivity contribution in [2.24, 2.45) is 5.73 Å². The molecule has 0 saturated carbocycles. The average Bonchev–Trinajstić information content (AvgIpc) is 2.43. The first kappa shape index (κ1) is 14.3. The van der Waals surface area contributed by atoms with Crippen LogP contribution < -0.4 is 15.8 Å². The van der Waals surface area contributed by atoms with Gasteiger partial charge in [0.2, 0.25) is 0 Å². The highest BCUT2D eigenvalue weighted by Gasteiger charge is 2.00. The first-order valence-corrected chi connectivity index (χ1v) is 6.79. The predicted octanol–water partition coefficient (Wildman–Crippen LogP) is 2.32. The number of anilines is 1. The number of nitrogens with two attached hydrogens (primary N) is 1. The van der Waals surface area contributed by atoms with Crippen LogP contribution in [0.15, 0.2) is 47.1 Å². The fraction of sp³-hybridized carbons (Fsp3) is 0.143. The number of aromatic nitrogens is 1. The summed E-state index contributed by atoms with van der Waals surface area (Å²) in [6.45, 7) is 0.468. The molecule has 0 atom stereocenters. The van der Waals surface area contributed by atoms with Crippen LogP contribution >= 0.6 is 15.9 Å². The van der Waals surface area contributed by atoms with E-state index in [-0.39, 0.29) is 6.61 Å². The van der Waals surface area contributed by atoms with Crippen molar-refractivity contribution in [3.05, 3.63) is 52.8 Å². The van der Waals surface area contributed by atoms with Crippen molar-refractivity contribution in [1.82, 2.24) is 4.98 Å². The first-order valence-electron chi connectivity index (χ1n) is 6.00. The summed E-state index contributed by atoms with van der Waals surface area (Å²) in [5, 5.41) is 3.24. The van der Waals surface area contributed by atoms with Gasteiger partial charge in [-0.15, -0.1) is 0 Å². The van der Waals surface area contributed by atoms with Crippen LogP contribution in [0.1, 0.15) is 5.69 Å². The molecule has 1 heterocycles. The molecular weight excluding hydrogens is 322 g/mol. The van der Waals surface area contributed by atoms with Crippen LogP contribution in [0, 0.1) is 0 Å². The van der Waals surface area contributed by atoms with Gasteiger partial charge in [-0.3, -0.25) is 4.79 Å². The first-order chi connectivity index (χ1) is 9.63. The molecule has 0 aliphatic carbocycles. The largest absolute Gasteiger partial charge is 0.484 e. The summed E-state index contributed by atoms with van der Waals surface area (Å²) in [5.74, 6) is 0.0951. The van der Waals surface area contributed by atoms with Crippen LogP contribution in [-0.2, 0) is 11.3 Å². The van der Waals surface area contributed by atoms with E-state index in [2.05, 4.69) is 26.2 Å². The van der Waals surface area contributed by atoms with Crippen LogP contribution in [0.4, 0.5) is 5.69 Å². The van der Waals surface area contributed by atoms with Crippen molar-refractivity contribution in [2.75, 3.05) is 11.9 Å². The van der Waals surface area contributed by atoms with Crippen molar-refractivity contribution in [3.63, 3.8) is 0 Å². The number of halogens is 1. The third kappa shape index (κ3) is 4.55. The van der Waals surface area contributed by atoms with Gasteiger partial charge >= 0.3 is 0 Å². The molecule has 5 nitrogen and oxygen atoms in total. The lowest BCUT2D eigenvalue weighted by molar-refractivity contribution is -0.119. The minimum Gasteiger partial charge on any atom is -0.484 e. The fourth-order valence-electron chi connectivity index (χ4n) is 1.59. The summed E-state index contributed by atoms with van der Waals surface area (Å²) in [5.41, 5.74) is 6.84. The second-order valence-corrected chi connectivity index (χ2v) is 4.90. The van der Waals surface area contributed by atoms with Crippen molar-refractivity contribution in [3.8, 4) is 5.75 Å². The highest BCUT2D eigenvalue weighted by atomic mass is 79.9. The molecule has 0 aliphatic rings. The third-order valence-electron chi connectivity index (χ3n) is 2.46. The topological polar surface area (TPSA) is 77.2 Å². The molecule has 1 aromatic heterocycles. The maximum atomic E-state index is 10.7. The fourth-order valence-corrected chi connectivity index (χ4v) is 1.97. The van der Waals surface area contributed by atoms with E-state index >= 15 is 0 Å². The number of ether oxygens (including phenoxy) is 1. The zero-order valence-corrected chi connectivity index (χ0v) is 12.3. The molecule has 20 heavy (non-hydrogen) atoms. The number of nitrogens with zero attached hydrogens (tertiary/aromatic N) is 1. The number of rotatable bonds is 6. The quantitative estimate of drug-likeness (QED) is 0.794. The molecule has 6 heteroatoms. The van der Waals surface area contributed by atoms with Gasteiger partial charge in [0.1, 0.15) is 10.4 Å². The van der Waals surface area contributed by atoms with Gasteiger partial charge in [0.25, 0.3) is 5.91 Å². The van der Waals surface area contributed by atoms with E-state index in [0.717, 1.165) is 16.0 Å². The number of amides is 1. The third-order valence-corrected chi connectivity index (χ3v) is 2.90. The van der Waals surface area contributed by atoms with Crippen LogP contribution in [0.2, 0.25) is 0 Å². The number of hydrogen-bond donors (Lipinski definition) is 2. The number of pyridine rings is 1. The monoisotopic (exact) mass is 335 g/mol. The standard InChI is InChI=1S/C14H14BrN3O2/c15-13-6-2-4-11(18-13)8-17-10-3-1-5-12(7-10)20-9-14(16)19/h1-7,17H,8-9H2,(H2,16,19). The van der Waals surface area contributed by atoms with Crippen LogP contribution in [0.25, 0.3) is 0 Å². The van der Waals surface area contributed by atoms with Gasteiger partial charge in [-0.05, 0) is 40.2 Å². The predicted molar refractivity (Wildman–Crippen MR) is 80.4 cm³/mol. The summed E-state index contributed by atoms with van der Waals surface area (Å²) < 4.78 is 6.04. The van der Waals surface area contributed by atoms with Gasteiger partial charge < -0.3 is 15.8 Å². The van der Waals surface area contributed by atoms with Gasteiger partial charge in [0.15, 0.2) is 6.61 Å². The second kappa shape index (κ2) is 6.91. The number of nitrogens with one attached hydrogen (secondary N) is 1. The lowest BCUT2D eigenvalue weighted by Gasteiger charge is -2.09. The van der Waals surface area contributed by atoms with E-state index in [1.165, 1.54) is 0 Å². The SMILES string of the molecule is NC(=O)COc1cccc(NCc2cccc(Br)n2)c1. The van der Waals surface area contributed by atoms with E-state index in [1.54, 1.807) is 12.1 Å². The smallest absolute Gasteiger partial charge is 0.255 e. The molecule has 0 fully saturated rings. The molecule has 3 N–H and O–H groups in total. The van der Waals surface area contributed by atoms with Crippen molar-refractivity contribution in [2.45, 2.75) is 6.54 Å². The zero-order valence-electron chi connectivity index (χ0n) is 10.7. The van der Waals surface area contributed by atoms with Gasteiger partial charge in [-0.1, -0.05) is 12.1 Å². The number of hydrogen-bond acceptors (Lipinski definition) is 4. The highest BCUT2D eigenvalue weighted by molar-refractivity contribution is 9.10. The van der Waals surface area contributed by atoms with E-state index in [0.29, 0.717) is 12.3 Å². The van der Waals surface area contributed by atoms with Crippen molar-refractivity contribution < 1.29 is 9.53 Å². The van der Waals surface area contributed by atoms with Gasteiger partial charge in [-0.2, -0.15) is 0 Å². The van der Waals surface area contributed by atoms with E-state index in [1.807, 2.05) is 30.3 Å². The maximum absolute atomic E-state index is 10.7. The summed E-state index contributed by atoms with van der Waals surface area (Å²) in [6, 6.07) is 13.1. The molecule has 0 bridgehead atoms. The minimum atomic E-state index is -0.498. The molecule has 0 unspecified atom stereocenters. The summed E-state index contributed by atoms with van der Waals surface area (Å²) in [7, 11) is 0. The number of carbonyl (C=O) groups excluding carboxylic acids is 1. The van der Waals surface area contributed by atoms with Crippen molar-refractivity contribution >= 4 is 27.5 Å². The van der Waals surface area contributed by atoms with E-state index in [4.69, 9.17) is 10.5 Å². The summed E-state index contributed by atoms with van der Waals surface area (Å²) >= 11 is 3.33. The number of primary amides is 1. The van der Waals surface area contributed by atoms with Gasteiger partial charge in [-0.25, -0.2) is 4.98 Å². The van der Waals surface area contributed by atoms with Crippen LogP contribution in [-0.4, -0.2) is 17.5 Å². The second-order valence-electron chi connectivity index (χ2n) is 4.09. The normalized spacial score (nSPS) is 10.1. The summed E-state index contributed by atoms with van der Waals surface area (Å²) in [4.78, 5) is 15.0. The Kier molecular flexibility index (Phi) is 4.95. The molecule has 104 valence electrons. The Labute approximate surface area is 125 Å². The zero-order chi connectivity index (χ0) is 14.4. The Morgan fingerprint density at radius 2 is 2.10 bits per heavy atom. The molecule has 0 aliphatic heterocycles. The molecule has 1 amide bonds. The van der Waals surface area contributed by atoms with E-state index < -0.39 is 5.91 Å². The van der Waals surface area contributed by atoms with E-state index in [9.17, 15) is 4.79 Å². The van der Waals surface area contributed by atoms with Crippen LogP contribution in [0.5, 0.6) is 5.75 Å². The number of benzene rings is 1. The maximum Gasteiger partial charge on any atom is 0.255 e. The molecule has 0 radical (unpaired) electrons. The van der Waals surface area contributed by atoms with Gasteiger partial charge in [0, 0.05) is 11.8 Å². The lowest BCUT2D eigenvalue weighted by Crippen LogP contribution is -2.20. The Bertz CT molecular complexity index is 604. The Morgan fingerprint density at radius 3 is 2.85 bits per heavy atom. The van der Waals surface area contributed by atoms with Crippen molar-refractivity contribution in [1.29, 1.82) is 0 Å². The Hall–Kier alpha value is -2.08. The average molecular weight is 336 g/mol. The molecule has 0 spiro atoms. The van der Waals surface area contributed by atoms with Gasteiger partial charge in [0.05, 0.1) is 12.2 Å². The summed E-state index contributed by atoms with van der Waals surface area (Å²) in [6.07, 6.45) is 0. The Balaban J connectivity index is 1.95. The highest BCUT2D eigenvalue weighted by Crippen LogP contribution is 2.18. The molecule has 0 saturated heterocycles. The molecule has 1 aromatic carbocycles. The Morgan fingerprint density at radius 1 is 1.30 bits per heavy atom. The lowest BCUT2D eigenvalue weighted by atomic mass is 10.3. The molecular formula is C14H14BrN3O2.